The van der Waals surface area contributed by atoms with Crippen LogP contribution in [0.4, 0.5) is 17.1 Å². The summed E-state index contributed by atoms with van der Waals surface area (Å²) in [5, 5.41) is 23.9. The number of rotatable bonds is 9. The van der Waals surface area contributed by atoms with Gasteiger partial charge in [-0.2, -0.15) is 0 Å². The van der Waals surface area contributed by atoms with E-state index in [1.165, 1.54) is 36.0 Å². The molecule has 6 nitrogen and oxygen atoms in total. The van der Waals surface area contributed by atoms with E-state index in [-0.39, 0.29) is 17.4 Å². The summed E-state index contributed by atoms with van der Waals surface area (Å²) in [4.78, 5) is 15.1. The Kier molecular flexibility index (Phi) is 8.63. The monoisotopic (exact) mass is 476 g/mol. The molecule has 35 heavy (non-hydrogen) atoms. The maximum atomic E-state index is 13.6. The lowest BCUT2D eigenvalue weighted by atomic mass is 10.1. The van der Waals surface area contributed by atoms with Gasteiger partial charge < -0.3 is 25.2 Å². The number of ether oxygens (including phenoxy) is 1. The number of benzene rings is 2. The van der Waals surface area contributed by atoms with Gasteiger partial charge in [0.05, 0.1) is 24.0 Å². The number of carbonyl (C=O) groups is 1. The second kappa shape index (κ2) is 11.6. The van der Waals surface area contributed by atoms with Gasteiger partial charge in [0.25, 0.3) is 5.91 Å². The van der Waals surface area contributed by atoms with Crippen LogP contribution in [0.3, 0.4) is 0 Å². The number of hydrogen-bond acceptors (Lipinski definition) is 5. The van der Waals surface area contributed by atoms with Crippen LogP contribution in [-0.2, 0) is 0 Å². The van der Waals surface area contributed by atoms with Crippen molar-refractivity contribution in [3.8, 4) is 17.2 Å². The number of phenols is 2. The predicted molar refractivity (Wildman–Crippen MR) is 143 cm³/mol. The van der Waals surface area contributed by atoms with E-state index in [1.54, 1.807) is 23.1 Å². The molecule has 3 N–H and O–H groups in total. The van der Waals surface area contributed by atoms with Crippen molar-refractivity contribution in [2.24, 2.45) is 0 Å². The van der Waals surface area contributed by atoms with Gasteiger partial charge in [0.15, 0.2) is 0 Å². The van der Waals surface area contributed by atoms with E-state index in [4.69, 9.17) is 4.74 Å². The van der Waals surface area contributed by atoms with Crippen LogP contribution in [0.5, 0.6) is 17.2 Å². The fourth-order valence-electron chi connectivity index (χ4n) is 4.09. The average Bonchev–Trinajstić information content (AvgIpc) is 2.92. The summed E-state index contributed by atoms with van der Waals surface area (Å²) in [7, 11) is 1.53. The fourth-order valence-corrected chi connectivity index (χ4v) is 4.09. The van der Waals surface area contributed by atoms with Crippen LogP contribution in [0.15, 0.2) is 65.3 Å². The molecule has 0 bridgehead atoms. The van der Waals surface area contributed by atoms with E-state index in [9.17, 15) is 15.0 Å². The average molecular weight is 477 g/mol. The summed E-state index contributed by atoms with van der Waals surface area (Å²) in [6, 6.07) is 7.98. The first-order valence-electron chi connectivity index (χ1n) is 12.0. The van der Waals surface area contributed by atoms with E-state index < -0.39 is 0 Å². The Morgan fingerprint density at radius 2 is 1.66 bits per heavy atom. The molecule has 186 valence electrons. The largest absolute Gasteiger partial charge is 0.508 e. The Morgan fingerprint density at radius 1 is 0.971 bits per heavy atom. The van der Waals surface area contributed by atoms with Gasteiger partial charge in [-0.05, 0) is 65.5 Å². The van der Waals surface area contributed by atoms with Crippen LogP contribution in [0, 0.1) is 0 Å². The number of allylic oxidation sites excluding steroid dienone is 5. The number of nitrogens with zero attached hydrogens (tertiary/aromatic N) is 1. The van der Waals surface area contributed by atoms with Gasteiger partial charge in [-0.1, -0.05) is 41.0 Å². The highest BCUT2D eigenvalue weighted by Gasteiger charge is 2.30. The molecule has 1 aliphatic heterocycles. The lowest BCUT2D eigenvalue weighted by Gasteiger charge is -2.22. The first-order chi connectivity index (χ1) is 16.7. The van der Waals surface area contributed by atoms with Gasteiger partial charge in [0.2, 0.25) is 0 Å². The molecule has 0 fully saturated rings. The zero-order valence-electron chi connectivity index (χ0n) is 21.3. The van der Waals surface area contributed by atoms with Gasteiger partial charge in [0.1, 0.15) is 22.9 Å². The highest BCUT2D eigenvalue weighted by Crippen LogP contribution is 2.46. The van der Waals surface area contributed by atoms with Crippen LogP contribution in [0.25, 0.3) is 0 Å². The number of phenolic OH excluding ortho intramolecular Hbond substituents is 2. The molecule has 0 saturated heterocycles. The number of methoxy groups -OCH3 is 1. The SMILES string of the molecule is COc1cccc2c1Nc1c(O)cc(O)cc1N(C/C=C(\C)CC/C=C(\C)CCC=C(C)C)C2=O. The van der Waals surface area contributed by atoms with Crippen LogP contribution in [0.1, 0.15) is 63.7 Å². The summed E-state index contributed by atoms with van der Waals surface area (Å²) in [6.45, 7) is 8.78. The molecule has 1 heterocycles. The molecule has 1 amide bonds. The molecule has 0 aromatic heterocycles. The Morgan fingerprint density at radius 3 is 2.34 bits per heavy atom. The van der Waals surface area contributed by atoms with Crippen molar-refractivity contribution >= 4 is 23.0 Å². The number of anilines is 3. The summed E-state index contributed by atoms with van der Waals surface area (Å²) in [5.74, 6) is -0.0111. The maximum absolute atomic E-state index is 13.6. The van der Waals surface area contributed by atoms with Gasteiger partial charge in [-0.3, -0.25) is 4.79 Å². The minimum Gasteiger partial charge on any atom is -0.508 e. The molecular formula is C29H36N2O4. The lowest BCUT2D eigenvalue weighted by Crippen LogP contribution is -2.30. The molecule has 0 radical (unpaired) electrons. The highest BCUT2D eigenvalue weighted by molar-refractivity contribution is 6.15. The number of hydrogen-bond donors (Lipinski definition) is 3. The first-order valence-corrected chi connectivity index (χ1v) is 12.0. The molecule has 0 atom stereocenters. The number of nitrogens with one attached hydrogen (secondary N) is 1. The topological polar surface area (TPSA) is 82.0 Å². The van der Waals surface area contributed by atoms with Gasteiger partial charge >= 0.3 is 0 Å². The molecule has 2 aromatic rings. The van der Waals surface area contributed by atoms with Crippen molar-refractivity contribution in [1.82, 2.24) is 0 Å². The minimum atomic E-state index is -0.241. The van der Waals surface area contributed by atoms with E-state index in [2.05, 4.69) is 45.2 Å². The standard InChI is InChI=1S/C29H36N2O4/c1-19(2)9-6-10-20(3)11-7-12-21(4)15-16-31-24-17-22(32)18-25(33)28(24)30-27-23(29(31)34)13-8-14-26(27)35-5/h8-9,11,13-15,17-18,30,32-33H,6-7,10,12,16H2,1-5H3/b20-11+,21-15+. The third-order valence-electron chi connectivity index (χ3n) is 6.09. The molecule has 2 aromatic carbocycles. The first kappa shape index (κ1) is 25.9. The minimum absolute atomic E-state index is 0.117. The predicted octanol–water partition coefficient (Wildman–Crippen LogP) is 7.23. The van der Waals surface area contributed by atoms with Crippen molar-refractivity contribution < 1.29 is 19.7 Å². The van der Waals surface area contributed by atoms with Crippen molar-refractivity contribution in [3.63, 3.8) is 0 Å². The van der Waals surface area contributed by atoms with E-state index in [0.717, 1.165) is 25.7 Å². The second-order valence-electron chi connectivity index (χ2n) is 9.24. The van der Waals surface area contributed by atoms with Gasteiger partial charge in [-0.25, -0.2) is 0 Å². The molecule has 3 rings (SSSR count). The van der Waals surface area contributed by atoms with E-state index in [0.29, 0.717) is 34.9 Å². The second-order valence-corrected chi connectivity index (χ2v) is 9.24. The molecule has 0 unspecified atom stereocenters. The van der Waals surface area contributed by atoms with Crippen molar-refractivity contribution in [3.05, 3.63) is 70.8 Å². The fraction of sp³-hybridized carbons (Fsp3) is 0.345. The molecule has 0 saturated carbocycles. The molecule has 6 heteroatoms. The summed E-state index contributed by atoms with van der Waals surface area (Å²) in [5.41, 5.74) is 5.57. The van der Waals surface area contributed by atoms with E-state index >= 15 is 0 Å². The third kappa shape index (κ3) is 6.47. The zero-order valence-corrected chi connectivity index (χ0v) is 21.3. The Bertz CT molecular complexity index is 1170. The molecular weight excluding hydrogens is 440 g/mol. The molecule has 1 aliphatic rings. The Labute approximate surface area is 208 Å². The molecule has 0 aliphatic carbocycles. The van der Waals surface area contributed by atoms with Crippen LogP contribution in [-0.4, -0.2) is 29.8 Å². The van der Waals surface area contributed by atoms with Crippen molar-refractivity contribution in [2.75, 3.05) is 23.9 Å². The van der Waals surface area contributed by atoms with Crippen molar-refractivity contribution in [2.45, 2.75) is 53.4 Å². The Balaban J connectivity index is 1.82. The molecule has 0 spiro atoms. The highest BCUT2D eigenvalue weighted by atomic mass is 16.5. The number of amides is 1. The van der Waals surface area contributed by atoms with Crippen LogP contribution in [0.2, 0.25) is 0 Å². The Hall–Kier alpha value is -3.67. The number of aromatic hydroxyl groups is 2. The van der Waals surface area contributed by atoms with Gasteiger partial charge in [-0.15, -0.1) is 0 Å². The van der Waals surface area contributed by atoms with Crippen LogP contribution >= 0.6 is 0 Å². The van der Waals surface area contributed by atoms with Gasteiger partial charge in [0, 0.05) is 18.7 Å². The lowest BCUT2D eigenvalue weighted by molar-refractivity contribution is 0.0991. The summed E-state index contributed by atoms with van der Waals surface area (Å²) >= 11 is 0. The van der Waals surface area contributed by atoms with Crippen molar-refractivity contribution in [1.29, 1.82) is 0 Å². The smallest absolute Gasteiger partial charge is 0.260 e. The number of carbonyl (C=O) groups excluding carboxylic acids is 1. The van der Waals surface area contributed by atoms with Crippen LogP contribution < -0.4 is 15.0 Å². The number of fused-ring (bicyclic) bond motifs is 2. The summed E-state index contributed by atoms with van der Waals surface area (Å²) in [6.07, 6.45) is 10.5. The zero-order chi connectivity index (χ0) is 25.5. The quantitative estimate of drug-likeness (QED) is 0.202. The summed E-state index contributed by atoms with van der Waals surface area (Å²) < 4.78 is 5.44. The normalized spacial score (nSPS) is 13.5. The maximum Gasteiger partial charge on any atom is 0.260 e. The third-order valence-corrected chi connectivity index (χ3v) is 6.09. The van der Waals surface area contributed by atoms with E-state index in [1.807, 2.05) is 6.08 Å². The number of para-hydroxylation sites is 1.